The number of rotatable bonds is 1. The molecule has 0 aromatic carbocycles. The van der Waals surface area contributed by atoms with Crippen molar-refractivity contribution >= 4 is 17.3 Å². The van der Waals surface area contributed by atoms with Gasteiger partial charge in [-0.3, -0.25) is 4.79 Å². The highest BCUT2D eigenvalue weighted by Gasteiger charge is 2.02. The SMILES string of the molecule is NC(=O)c1cc(N)c(N)cn1. The molecule has 6 N–H and O–H groups in total. The summed E-state index contributed by atoms with van der Waals surface area (Å²) in [5, 5.41) is 0. The van der Waals surface area contributed by atoms with E-state index in [0.717, 1.165) is 0 Å². The summed E-state index contributed by atoms with van der Waals surface area (Å²) in [7, 11) is 0. The van der Waals surface area contributed by atoms with Crippen LogP contribution in [0.3, 0.4) is 0 Å². The highest BCUT2D eigenvalue weighted by atomic mass is 16.1. The van der Waals surface area contributed by atoms with Crippen molar-refractivity contribution in [2.45, 2.75) is 0 Å². The number of nitrogen functional groups attached to an aromatic ring is 2. The Kier molecular flexibility index (Phi) is 1.63. The van der Waals surface area contributed by atoms with E-state index in [0.29, 0.717) is 11.4 Å². The van der Waals surface area contributed by atoms with Crippen LogP contribution in [0.1, 0.15) is 10.5 Å². The van der Waals surface area contributed by atoms with Crippen LogP contribution in [0, 0.1) is 0 Å². The molecule has 1 rings (SSSR count). The molecule has 1 heterocycles. The third kappa shape index (κ3) is 1.37. The molecule has 0 aliphatic rings. The Morgan fingerprint density at radius 1 is 1.36 bits per heavy atom. The topological polar surface area (TPSA) is 108 Å². The van der Waals surface area contributed by atoms with Crippen LogP contribution in [0.5, 0.6) is 0 Å². The highest BCUT2D eigenvalue weighted by molar-refractivity contribution is 5.92. The standard InChI is InChI=1S/C6H8N4O/c7-3-1-5(6(9)11)10-2-4(3)8/h1-2H,8H2,(H2,7,10)(H2,9,11). The van der Waals surface area contributed by atoms with Gasteiger partial charge in [0, 0.05) is 0 Å². The van der Waals surface area contributed by atoms with Gasteiger partial charge in [0.25, 0.3) is 5.91 Å². The van der Waals surface area contributed by atoms with Gasteiger partial charge in [-0.1, -0.05) is 0 Å². The Balaban J connectivity index is 3.15. The molecule has 0 saturated heterocycles. The average molecular weight is 152 g/mol. The molecule has 1 aromatic heterocycles. The third-order valence-electron chi connectivity index (χ3n) is 1.22. The Morgan fingerprint density at radius 2 is 2.00 bits per heavy atom. The van der Waals surface area contributed by atoms with E-state index in [2.05, 4.69) is 4.98 Å². The van der Waals surface area contributed by atoms with Crippen LogP contribution in [0.4, 0.5) is 11.4 Å². The Bertz CT molecular complexity index is 297. The molecule has 11 heavy (non-hydrogen) atoms. The summed E-state index contributed by atoms with van der Waals surface area (Å²) in [6, 6.07) is 1.34. The molecule has 0 fully saturated rings. The summed E-state index contributed by atoms with van der Waals surface area (Å²) < 4.78 is 0. The first-order valence-electron chi connectivity index (χ1n) is 2.92. The molecule has 0 aliphatic heterocycles. The van der Waals surface area contributed by atoms with Crippen molar-refractivity contribution in [3.8, 4) is 0 Å². The first kappa shape index (κ1) is 7.33. The van der Waals surface area contributed by atoms with Crippen LogP contribution in [-0.2, 0) is 0 Å². The lowest BCUT2D eigenvalue weighted by atomic mass is 10.3. The summed E-state index contributed by atoms with van der Waals surface area (Å²) in [5.74, 6) is -0.614. The fourth-order valence-electron chi connectivity index (χ4n) is 0.616. The second-order valence-electron chi connectivity index (χ2n) is 2.06. The van der Waals surface area contributed by atoms with Crippen molar-refractivity contribution in [1.82, 2.24) is 4.98 Å². The van der Waals surface area contributed by atoms with E-state index < -0.39 is 5.91 Å². The fraction of sp³-hybridized carbons (Fsp3) is 0. The Labute approximate surface area is 63.2 Å². The van der Waals surface area contributed by atoms with Gasteiger partial charge >= 0.3 is 0 Å². The van der Waals surface area contributed by atoms with Gasteiger partial charge in [0.15, 0.2) is 0 Å². The van der Waals surface area contributed by atoms with E-state index in [-0.39, 0.29) is 5.69 Å². The second kappa shape index (κ2) is 2.45. The van der Waals surface area contributed by atoms with Gasteiger partial charge in [0.1, 0.15) is 5.69 Å². The molecule has 0 saturated carbocycles. The number of primary amides is 1. The third-order valence-corrected chi connectivity index (χ3v) is 1.22. The van der Waals surface area contributed by atoms with Gasteiger partial charge in [-0.25, -0.2) is 4.98 Å². The first-order chi connectivity index (χ1) is 5.11. The summed E-state index contributed by atoms with van der Waals surface area (Å²) >= 11 is 0. The predicted octanol–water partition coefficient (Wildman–Crippen LogP) is -0.655. The molecule has 0 spiro atoms. The summed E-state index contributed by atoms with van der Waals surface area (Å²) in [4.78, 5) is 14.2. The number of aromatic nitrogens is 1. The molecule has 5 nitrogen and oxygen atoms in total. The largest absolute Gasteiger partial charge is 0.397 e. The number of anilines is 2. The maximum Gasteiger partial charge on any atom is 0.267 e. The van der Waals surface area contributed by atoms with E-state index in [9.17, 15) is 4.79 Å². The van der Waals surface area contributed by atoms with Crippen LogP contribution in [0.25, 0.3) is 0 Å². The van der Waals surface area contributed by atoms with Gasteiger partial charge in [-0.2, -0.15) is 0 Å². The van der Waals surface area contributed by atoms with Crippen molar-refractivity contribution in [2.24, 2.45) is 5.73 Å². The number of amides is 1. The van der Waals surface area contributed by atoms with Crippen LogP contribution >= 0.6 is 0 Å². The molecule has 0 radical (unpaired) electrons. The summed E-state index contributed by atoms with van der Waals surface area (Å²) in [5.41, 5.74) is 16.4. The zero-order valence-electron chi connectivity index (χ0n) is 5.74. The monoisotopic (exact) mass is 152 g/mol. The molecular weight excluding hydrogens is 144 g/mol. The van der Waals surface area contributed by atoms with E-state index >= 15 is 0 Å². The number of carbonyl (C=O) groups is 1. The van der Waals surface area contributed by atoms with E-state index in [4.69, 9.17) is 17.2 Å². The van der Waals surface area contributed by atoms with Crippen LogP contribution in [0.2, 0.25) is 0 Å². The zero-order chi connectivity index (χ0) is 8.43. The number of hydrogen-bond donors (Lipinski definition) is 3. The van der Waals surface area contributed by atoms with Gasteiger partial charge < -0.3 is 17.2 Å². The van der Waals surface area contributed by atoms with Gasteiger partial charge in [0.05, 0.1) is 17.6 Å². The minimum atomic E-state index is -0.614. The molecule has 1 amide bonds. The lowest BCUT2D eigenvalue weighted by Gasteiger charge is -1.99. The quantitative estimate of drug-likeness (QED) is 0.496. The van der Waals surface area contributed by atoms with Crippen molar-refractivity contribution in [2.75, 3.05) is 11.5 Å². The molecule has 0 aliphatic carbocycles. The lowest BCUT2D eigenvalue weighted by Crippen LogP contribution is -2.13. The summed E-state index contributed by atoms with van der Waals surface area (Å²) in [6.45, 7) is 0. The maximum absolute atomic E-state index is 10.5. The van der Waals surface area contributed by atoms with E-state index in [1.165, 1.54) is 12.3 Å². The Hall–Kier alpha value is -1.78. The molecule has 0 unspecified atom stereocenters. The number of carbonyl (C=O) groups excluding carboxylic acids is 1. The summed E-state index contributed by atoms with van der Waals surface area (Å²) in [6.07, 6.45) is 1.30. The molecule has 58 valence electrons. The normalized spacial score (nSPS) is 9.45. The average Bonchev–Trinajstić information content (AvgIpc) is 1.94. The first-order valence-corrected chi connectivity index (χ1v) is 2.92. The van der Waals surface area contributed by atoms with Crippen LogP contribution in [0.15, 0.2) is 12.3 Å². The van der Waals surface area contributed by atoms with Crippen molar-refractivity contribution in [3.05, 3.63) is 18.0 Å². The van der Waals surface area contributed by atoms with Crippen molar-refractivity contribution < 1.29 is 4.79 Å². The minimum Gasteiger partial charge on any atom is -0.397 e. The molecule has 1 aromatic rings. The molecule has 0 bridgehead atoms. The van der Waals surface area contributed by atoms with E-state index in [1.807, 2.05) is 0 Å². The molecule has 5 heteroatoms. The fourth-order valence-corrected chi connectivity index (χ4v) is 0.616. The van der Waals surface area contributed by atoms with Gasteiger partial charge in [0.2, 0.25) is 0 Å². The number of nitrogens with zero attached hydrogens (tertiary/aromatic N) is 1. The predicted molar refractivity (Wildman–Crippen MR) is 41.6 cm³/mol. The van der Waals surface area contributed by atoms with Gasteiger partial charge in [-0.05, 0) is 6.07 Å². The number of hydrogen-bond acceptors (Lipinski definition) is 4. The van der Waals surface area contributed by atoms with Crippen molar-refractivity contribution in [1.29, 1.82) is 0 Å². The maximum atomic E-state index is 10.5. The second-order valence-corrected chi connectivity index (χ2v) is 2.06. The van der Waals surface area contributed by atoms with Crippen LogP contribution < -0.4 is 17.2 Å². The smallest absolute Gasteiger partial charge is 0.267 e. The molecule has 0 atom stereocenters. The zero-order valence-corrected chi connectivity index (χ0v) is 5.74. The number of pyridine rings is 1. The van der Waals surface area contributed by atoms with Crippen LogP contribution in [-0.4, -0.2) is 10.9 Å². The van der Waals surface area contributed by atoms with Crippen molar-refractivity contribution in [3.63, 3.8) is 0 Å². The van der Waals surface area contributed by atoms with E-state index in [1.54, 1.807) is 0 Å². The minimum absolute atomic E-state index is 0.122. The lowest BCUT2D eigenvalue weighted by molar-refractivity contribution is 0.0995. The molecular formula is C6H8N4O. The van der Waals surface area contributed by atoms with Gasteiger partial charge in [-0.15, -0.1) is 0 Å². The number of nitrogens with two attached hydrogens (primary N) is 3. The highest BCUT2D eigenvalue weighted by Crippen LogP contribution is 2.12. The Morgan fingerprint density at radius 3 is 2.45 bits per heavy atom.